The van der Waals surface area contributed by atoms with Crippen molar-refractivity contribution in [1.82, 2.24) is 0 Å². The summed E-state index contributed by atoms with van der Waals surface area (Å²) in [5, 5.41) is -0.431. The van der Waals surface area contributed by atoms with E-state index in [1.165, 1.54) is 12.8 Å². The highest BCUT2D eigenvalue weighted by atomic mass is 32.2. The maximum absolute atomic E-state index is 12.6. The van der Waals surface area contributed by atoms with Crippen molar-refractivity contribution in [2.75, 3.05) is 12.3 Å². The molecule has 0 saturated heterocycles. The molecule has 106 valence electrons. The van der Waals surface area contributed by atoms with Crippen LogP contribution in [-0.4, -0.2) is 20.7 Å². The van der Waals surface area contributed by atoms with Crippen LogP contribution in [0.1, 0.15) is 42.9 Å². The number of hydrogen-bond donors (Lipinski definition) is 1. The molecule has 1 saturated carbocycles. The Bertz CT molecular complexity index is 478. The Balaban J connectivity index is 2.17. The average molecular weight is 281 g/mol. The molecule has 0 aliphatic heterocycles. The Hall–Kier alpha value is -0.870. The minimum Gasteiger partial charge on any atom is -0.330 e. The molecule has 0 radical (unpaired) electrons. The molecule has 2 rings (SSSR count). The molecule has 1 fully saturated rings. The quantitative estimate of drug-likeness (QED) is 0.872. The Kier molecular flexibility index (Phi) is 4.99. The van der Waals surface area contributed by atoms with E-state index in [4.69, 9.17) is 5.73 Å². The molecule has 2 N–H and O–H groups in total. The summed E-state index contributed by atoms with van der Waals surface area (Å²) in [5.41, 5.74) is 6.49. The second-order valence-corrected chi connectivity index (χ2v) is 7.68. The van der Waals surface area contributed by atoms with Gasteiger partial charge in [-0.2, -0.15) is 0 Å². The van der Waals surface area contributed by atoms with Crippen molar-refractivity contribution in [2.45, 2.75) is 37.4 Å². The molecular formula is C15H23NO2S. The zero-order valence-corrected chi connectivity index (χ0v) is 12.1. The first-order valence-corrected chi connectivity index (χ1v) is 8.81. The molecule has 1 aromatic rings. The second-order valence-electron chi connectivity index (χ2n) is 5.46. The average Bonchev–Trinajstić information content (AvgIpc) is 2.89. The van der Waals surface area contributed by atoms with Crippen molar-refractivity contribution in [2.24, 2.45) is 11.7 Å². The van der Waals surface area contributed by atoms with Crippen LogP contribution >= 0.6 is 0 Å². The van der Waals surface area contributed by atoms with Crippen LogP contribution in [0, 0.1) is 5.92 Å². The highest BCUT2D eigenvalue weighted by Crippen LogP contribution is 2.32. The highest BCUT2D eigenvalue weighted by molar-refractivity contribution is 7.91. The molecule has 1 atom stereocenters. The monoisotopic (exact) mass is 281 g/mol. The number of nitrogens with two attached hydrogens (primary N) is 1. The second kappa shape index (κ2) is 6.53. The summed E-state index contributed by atoms with van der Waals surface area (Å²) in [5.74, 6) is 0.681. The number of rotatable bonds is 6. The fraction of sp³-hybridized carbons (Fsp3) is 0.600. The molecule has 0 aromatic heterocycles. The third-order valence-electron chi connectivity index (χ3n) is 3.98. The van der Waals surface area contributed by atoms with Gasteiger partial charge in [0.15, 0.2) is 9.84 Å². The van der Waals surface area contributed by atoms with Gasteiger partial charge < -0.3 is 5.73 Å². The first-order chi connectivity index (χ1) is 9.13. The molecule has 1 aliphatic carbocycles. The van der Waals surface area contributed by atoms with Gasteiger partial charge in [-0.3, -0.25) is 0 Å². The molecule has 1 unspecified atom stereocenters. The fourth-order valence-electron chi connectivity index (χ4n) is 2.99. The third-order valence-corrected chi connectivity index (χ3v) is 6.29. The topological polar surface area (TPSA) is 60.2 Å². The van der Waals surface area contributed by atoms with Gasteiger partial charge in [0.1, 0.15) is 0 Å². The van der Waals surface area contributed by atoms with Gasteiger partial charge >= 0.3 is 0 Å². The van der Waals surface area contributed by atoms with E-state index in [1.807, 2.05) is 30.3 Å². The van der Waals surface area contributed by atoms with E-state index in [0.29, 0.717) is 24.6 Å². The largest absolute Gasteiger partial charge is 0.330 e. The SMILES string of the molecule is NCCC(c1ccccc1)S(=O)(=O)CC1CCCC1. The van der Waals surface area contributed by atoms with Gasteiger partial charge in [-0.05, 0) is 37.3 Å². The minimum absolute atomic E-state index is 0.326. The van der Waals surface area contributed by atoms with Gasteiger partial charge in [0.25, 0.3) is 0 Å². The summed E-state index contributed by atoms with van der Waals surface area (Å²) in [7, 11) is -3.10. The van der Waals surface area contributed by atoms with E-state index in [0.717, 1.165) is 18.4 Å². The van der Waals surface area contributed by atoms with Crippen LogP contribution in [0.4, 0.5) is 0 Å². The van der Waals surface area contributed by atoms with Crippen molar-refractivity contribution < 1.29 is 8.42 Å². The van der Waals surface area contributed by atoms with Crippen molar-refractivity contribution in [3.63, 3.8) is 0 Å². The van der Waals surface area contributed by atoms with E-state index >= 15 is 0 Å². The summed E-state index contributed by atoms with van der Waals surface area (Å²) in [6, 6.07) is 9.49. The minimum atomic E-state index is -3.10. The van der Waals surface area contributed by atoms with Gasteiger partial charge in [-0.25, -0.2) is 8.42 Å². The first-order valence-electron chi connectivity index (χ1n) is 7.10. The zero-order chi connectivity index (χ0) is 13.7. The Morgan fingerprint density at radius 1 is 1.16 bits per heavy atom. The summed E-state index contributed by atoms with van der Waals surface area (Å²) >= 11 is 0. The maximum Gasteiger partial charge on any atom is 0.157 e. The number of sulfone groups is 1. The smallest absolute Gasteiger partial charge is 0.157 e. The van der Waals surface area contributed by atoms with Crippen LogP contribution in [0.3, 0.4) is 0 Å². The molecular weight excluding hydrogens is 258 g/mol. The molecule has 4 heteroatoms. The van der Waals surface area contributed by atoms with Crippen molar-refractivity contribution in [3.8, 4) is 0 Å². The van der Waals surface area contributed by atoms with Gasteiger partial charge in [0.2, 0.25) is 0 Å². The summed E-state index contributed by atoms with van der Waals surface area (Å²) < 4.78 is 25.2. The molecule has 0 heterocycles. The lowest BCUT2D eigenvalue weighted by Gasteiger charge is -2.19. The van der Waals surface area contributed by atoms with Gasteiger partial charge in [0, 0.05) is 0 Å². The summed E-state index contributed by atoms with van der Waals surface area (Å²) in [6.07, 6.45) is 4.98. The van der Waals surface area contributed by atoms with Gasteiger partial charge in [0.05, 0.1) is 11.0 Å². The van der Waals surface area contributed by atoms with Gasteiger partial charge in [-0.1, -0.05) is 43.2 Å². The third kappa shape index (κ3) is 3.80. The Morgan fingerprint density at radius 3 is 2.37 bits per heavy atom. The predicted molar refractivity (Wildman–Crippen MR) is 78.6 cm³/mol. The highest BCUT2D eigenvalue weighted by Gasteiger charge is 2.30. The van der Waals surface area contributed by atoms with Crippen molar-refractivity contribution >= 4 is 9.84 Å². The fourth-order valence-corrected chi connectivity index (χ4v) is 5.28. The van der Waals surface area contributed by atoms with Crippen LogP contribution in [0.5, 0.6) is 0 Å². The van der Waals surface area contributed by atoms with Gasteiger partial charge in [-0.15, -0.1) is 0 Å². The Morgan fingerprint density at radius 2 is 1.79 bits per heavy atom. The zero-order valence-electron chi connectivity index (χ0n) is 11.3. The molecule has 0 bridgehead atoms. The lowest BCUT2D eigenvalue weighted by Crippen LogP contribution is -2.23. The maximum atomic E-state index is 12.6. The molecule has 0 spiro atoms. The van der Waals surface area contributed by atoms with E-state index in [-0.39, 0.29) is 0 Å². The molecule has 1 aliphatic rings. The summed E-state index contributed by atoms with van der Waals surface area (Å²) in [6.45, 7) is 0.406. The van der Waals surface area contributed by atoms with Crippen LogP contribution in [0.15, 0.2) is 30.3 Å². The van der Waals surface area contributed by atoms with Crippen molar-refractivity contribution in [3.05, 3.63) is 35.9 Å². The molecule has 3 nitrogen and oxygen atoms in total. The van der Waals surface area contributed by atoms with Crippen molar-refractivity contribution in [1.29, 1.82) is 0 Å². The molecule has 0 amide bonds. The van der Waals surface area contributed by atoms with E-state index < -0.39 is 15.1 Å². The molecule has 19 heavy (non-hydrogen) atoms. The number of hydrogen-bond acceptors (Lipinski definition) is 3. The van der Waals surface area contributed by atoms with Crippen LogP contribution in [-0.2, 0) is 9.84 Å². The first kappa shape index (κ1) is 14.5. The predicted octanol–water partition coefficient (Wildman–Crippen LogP) is 2.68. The van der Waals surface area contributed by atoms with E-state index in [1.54, 1.807) is 0 Å². The molecule has 1 aromatic carbocycles. The lowest BCUT2D eigenvalue weighted by molar-refractivity contribution is 0.544. The lowest BCUT2D eigenvalue weighted by atomic mass is 10.1. The van der Waals surface area contributed by atoms with Crippen LogP contribution in [0.2, 0.25) is 0 Å². The normalized spacial score (nSPS) is 18.6. The van der Waals surface area contributed by atoms with E-state index in [9.17, 15) is 8.42 Å². The summed E-state index contributed by atoms with van der Waals surface area (Å²) in [4.78, 5) is 0. The number of benzene rings is 1. The van der Waals surface area contributed by atoms with Crippen LogP contribution in [0.25, 0.3) is 0 Å². The standard InChI is InChI=1S/C15H23NO2S/c16-11-10-15(14-8-2-1-3-9-14)19(17,18)12-13-6-4-5-7-13/h1-3,8-9,13,15H,4-7,10-12,16H2. The van der Waals surface area contributed by atoms with Crippen LogP contribution < -0.4 is 5.73 Å². The van der Waals surface area contributed by atoms with E-state index in [2.05, 4.69) is 0 Å². The Labute approximate surface area is 116 Å².